The number of nitrogens with zero attached hydrogens (tertiary/aromatic N) is 4. The second-order valence-electron chi connectivity index (χ2n) is 9.47. The van der Waals surface area contributed by atoms with E-state index in [9.17, 15) is 22.4 Å². The van der Waals surface area contributed by atoms with E-state index < -0.39 is 15.9 Å². The van der Waals surface area contributed by atoms with Crippen LogP contribution in [-0.4, -0.2) is 59.1 Å². The summed E-state index contributed by atoms with van der Waals surface area (Å²) in [7, 11) is -3.80. The number of carbonyl (C=O) groups is 2. The van der Waals surface area contributed by atoms with Crippen LogP contribution in [0.25, 0.3) is 5.65 Å². The maximum atomic E-state index is 13.7. The van der Waals surface area contributed by atoms with Gasteiger partial charge in [0.15, 0.2) is 5.65 Å². The van der Waals surface area contributed by atoms with Gasteiger partial charge in [0.2, 0.25) is 10.0 Å². The highest BCUT2D eigenvalue weighted by atomic mass is 32.2. The fourth-order valence-electron chi connectivity index (χ4n) is 4.74. The van der Waals surface area contributed by atoms with Crippen LogP contribution in [-0.2, 0) is 16.6 Å². The molecular weight excluding hydrogens is 523 g/mol. The summed E-state index contributed by atoms with van der Waals surface area (Å²) < 4.78 is 39.8. The second kappa shape index (κ2) is 10.8. The van der Waals surface area contributed by atoms with Crippen LogP contribution in [0.4, 0.5) is 10.2 Å². The van der Waals surface area contributed by atoms with E-state index in [-0.39, 0.29) is 34.4 Å². The Morgan fingerprint density at radius 3 is 2.36 bits per heavy atom. The fourth-order valence-corrected chi connectivity index (χ4v) is 5.19. The van der Waals surface area contributed by atoms with Crippen molar-refractivity contribution in [1.82, 2.24) is 24.2 Å². The molecular formula is C27H27FN6O4S. The van der Waals surface area contributed by atoms with Gasteiger partial charge >= 0.3 is 0 Å². The molecule has 1 aliphatic heterocycles. The van der Waals surface area contributed by atoms with E-state index in [1.54, 1.807) is 17.0 Å². The van der Waals surface area contributed by atoms with Crippen LogP contribution in [0.15, 0.2) is 67.0 Å². The molecule has 2 aromatic carbocycles. The summed E-state index contributed by atoms with van der Waals surface area (Å²) in [4.78, 5) is 32.3. The van der Waals surface area contributed by atoms with E-state index >= 15 is 0 Å². The first-order valence-corrected chi connectivity index (χ1v) is 14.3. The van der Waals surface area contributed by atoms with Crippen molar-refractivity contribution >= 4 is 33.3 Å². The number of sulfonamides is 1. The molecule has 5 rings (SSSR count). The third kappa shape index (κ3) is 5.90. The van der Waals surface area contributed by atoms with Crippen molar-refractivity contribution < 1.29 is 22.4 Å². The summed E-state index contributed by atoms with van der Waals surface area (Å²) in [5.41, 5.74) is 2.36. The van der Waals surface area contributed by atoms with E-state index in [0.717, 1.165) is 30.2 Å². The third-order valence-corrected chi connectivity index (χ3v) is 7.26. The number of aromatic nitrogens is 3. The highest BCUT2D eigenvalue weighted by Gasteiger charge is 2.28. The molecule has 1 fully saturated rings. The van der Waals surface area contributed by atoms with Gasteiger partial charge in [0, 0.05) is 25.8 Å². The molecule has 39 heavy (non-hydrogen) atoms. The summed E-state index contributed by atoms with van der Waals surface area (Å²) in [6.07, 6.45) is 4.96. The monoisotopic (exact) mass is 550 g/mol. The topological polar surface area (TPSA) is 126 Å². The number of amides is 2. The molecule has 0 radical (unpaired) electrons. The number of piperidine rings is 1. The van der Waals surface area contributed by atoms with E-state index in [2.05, 4.69) is 15.4 Å². The van der Waals surface area contributed by atoms with Gasteiger partial charge in [-0.25, -0.2) is 22.5 Å². The number of halogens is 1. The first-order valence-electron chi connectivity index (χ1n) is 12.4. The average Bonchev–Trinajstić information content (AvgIpc) is 3.36. The van der Waals surface area contributed by atoms with Crippen molar-refractivity contribution in [2.45, 2.75) is 25.3 Å². The Morgan fingerprint density at radius 2 is 1.69 bits per heavy atom. The number of nitrogens with one attached hydrogen (secondary N) is 2. The summed E-state index contributed by atoms with van der Waals surface area (Å²) in [5.74, 6) is -0.813. The van der Waals surface area contributed by atoms with Gasteiger partial charge in [0.25, 0.3) is 11.8 Å². The highest BCUT2D eigenvalue weighted by Crippen LogP contribution is 2.30. The lowest BCUT2D eigenvalue weighted by molar-refractivity contribution is 0.0712. The Hall–Kier alpha value is -4.32. The molecule has 0 atom stereocenters. The van der Waals surface area contributed by atoms with Crippen LogP contribution >= 0.6 is 0 Å². The van der Waals surface area contributed by atoms with Crippen molar-refractivity contribution in [3.8, 4) is 0 Å². The minimum atomic E-state index is -3.80. The molecule has 10 nitrogen and oxygen atoms in total. The molecule has 202 valence electrons. The smallest absolute Gasteiger partial charge is 0.270 e. The lowest BCUT2D eigenvalue weighted by Crippen LogP contribution is -2.38. The predicted octanol–water partition coefficient (Wildman–Crippen LogP) is 3.19. The number of benzene rings is 2. The maximum absolute atomic E-state index is 13.7. The Labute approximate surface area is 224 Å². The number of carbonyl (C=O) groups excluding carboxylic acids is 2. The van der Waals surface area contributed by atoms with E-state index in [4.69, 9.17) is 0 Å². The van der Waals surface area contributed by atoms with Gasteiger partial charge in [-0.15, -0.1) is 0 Å². The molecule has 0 unspecified atom stereocenters. The van der Waals surface area contributed by atoms with Crippen LogP contribution in [0.5, 0.6) is 0 Å². The van der Waals surface area contributed by atoms with Crippen LogP contribution in [0.1, 0.15) is 50.6 Å². The molecule has 0 spiro atoms. The summed E-state index contributed by atoms with van der Waals surface area (Å²) in [6.45, 7) is 1.40. The van der Waals surface area contributed by atoms with Gasteiger partial charge in [-0.05, 0) is 42.0 Å². The van der Waals surface area contributed by atoms with Crippen LogP contribution in [0.2, 0.25) is 0 Å². The first-order chi connectivity index (χ1) is 18.7. The van der Waals surface area contributed by atoms with Crippen molar-refractivity contribution in [1.29, 1.82) is 0 Å². The lowest BCUT2D eigenvalue weighted by atomic mass is 9.89. The summed E-state index contributed by atoms with van der Waals surface area (Å²) in [6, 6.07) is 16.0. The standard InChI is InChI=1S/C27H27FN6O4S/c1-39(37,38)32-26(35)22-17-31-34-24(22)30-16-23(25(34)29-15-18-5-3-2-4-6-18)27(36)33-13-11-20(12-14-33)19-7-9-21(28)10-8-19/h2-10,16-17,20,29H,11-15H2,1H3,(H,32,35). The van der Waals surface area contributed by atoms with Crippen LogP contribution < -0.4 is 10.0 Å². The van der Waals surface area contributed by atoms with Crippen molar-refractivity contribution in [2.24, 2.45) is 0 Å². The molecule has 0 saturated carbocycles. The molecule has 4 aromatic rings. The Bertz CT molecular complexity index is 1620. The van der Waals surface area contributed by atoms with E-state index in [0.29, 0.717) is 25.5 Å². The minimum Gasteiger partial charge on any atom is -0.365 e. The van der Waals surface area contributed by atoms with Gasteiger partial charge in [-0.2, -0.15) is 9.61 Å². The number of hydrogen-bond acceptors (Lipinski definition) is 7. The quantitative estimate of drug-likeness (QED) is 0.362. The zero-order valence-electron chi connectivity index (χ0n) is 21.2. The first kappa shape index (κ1) is 26.3. The fraction of sp³-hybridized carbons (Fsp3) is 0.259. The van der Waals surface area contributed by atoms with Crippen LogP contribution in [0.3, 0.4) is 0 Å². The van der Waals surface area contributed by atoms with Gasteiger partial charge in [-0.3, -0.25) is 9.59 Å². The molecule has 2 amide bonds. The zero-order valence-corrected chi connectivity index (χ0v) is 22.0. The molecule has 3 heterocycles. The predicted molar refractivity (Wildman–Crippen MR) is 143 cm³/mol. The zero-order chi connectivity index (χ0) is 27.6. The third-order valence-electron chi connectivity index (χ3n) is 6.71. The molecule has 2 aromatic heterocycles. The number of fused-ring (bicyclic) bond motifs is 1. The molecule has 1 saturated heterocycles. The Balaban J connectivity index is 1.43. The van der Waals surface area contributed by atoms with E-state index in [1.807, 2.05) is 35.1 Å². The molecule has 0 bridgehead atoms. The second-order valence-corrected chi connectivity index (χ2v) is 11.2. The van der Waals surface area contributed by atoms with Crippen molar-refractivity contribution in [3.63, 3.8) is 0 Å². The number of rotatable bonds is 7. The molecule has 2 N–H and O–H groups in total. The maximum Gasteiger partial charge on any atom is 0.270 e. The molecule has 0 aliphatic carbocycles. The van der Waals surface area contributed by atoms with E-state index in [1.165, 1.54) is 29.0 Å². The van der Waals surface area contributed by atoms with Gasteiger partial charge in [0.05, 0.1) is 12.5 Å². The normalized spacial score (nSPS) is 14.4. The Morgan fingerprint density at radius 1 is 1.00 bits per heavy atom. The SMILES string of the molecule is CS(=O)(=O)NC(=O)c1cnn2c(NCc3ccccc3)c(C(=O)N3CCC(c4ccc(F)cc4)CC3)cnc12. The number of anilines is 1. The van der Waals surface area contributed by atoms with Gasteiger partial charge in [-0.1, -0.05) is 42.5 Å². The van der Waals surface area contributed by atoms with Crippen molar-refractivity contribution in [2.75, 3.05) is 24.7 Å². The number of likely N-dealkylation sites (tertiary alicyclic amines) is 1. The van der Waals surface area contributed by atoms with Crippen LogP contribution in [0, 0.1) is 5.82 Å². The molecule has 12 heteroatoms. The average molecular weight is 551 g/mol. The molecule has 1 aliphatic rings. The lowest BCUT2D eigenvalue weighted by Gasteiger charge is -2.32. The van der Waals surface area contributed by atoms with Crippen molar-refractivity contribution in [3.05, 3.63) is 95.1 Å². The van der Waals surface area contributed by atoms with Gasteiger partial charge in [0.1, 0.15) is 22.8 Å². The largest absolute Gasteiger partial charge is 0.365 e. The highest BCUT2D eigenvalue weighted by molar-refractivity contribution is 7.89. The number of hydrogen-bond donors (Lipinski definition) is 2. The Kier molecular flexibility index (Phi) is 7.29. The summed E-state index contributed by atoms with van der Waals surface area (Å²) in [5, 5.41) is 7.52. The summed E-state index contributed by atoms with van der Waals surface area (Å²) >= 11 is 0. The van der Waals surface area contributed by atoms with Gasteiger partial charge < -0.3 is 10.2 Å². The minimum absolute atomic E-state index is 0.0395.